The highest BCUT2D eigenvalue weighted by atomic mass is 31.2. The molecule has 0 fully saturated rings. The third-order valence-corrected chi connectivity index (χ3v) is 2.35. The second-order valence-corrected chi connectivity index (χ2v) is 3.30. The van der Waals surface area contributed by atoms with Crippen LogP contribution in [0.1, 0.15) is 6.92 Å². The van der Waals surface area contributed by atoms with Gasteiger partial charge in [0.25, 0.3) is 0 Å². The molecule has 5 nitrogen and oxygen atoms in total. The Hall–Kier alpha value is 0.0800. The number of rotatable bonds is 5. The molecule has 2 unspecified atom stereocenters. The Balaban J connectivity index is 3.47. The maximum absolute atomic E-state index is 10.5. The van der Waals surface area contributed by atoms with Gasteiger partial charge in [-0.3, -0.25) is 0 Å². The van der Waals surface area contributed by atoms with Crippen LogP contribution in [0.5, 0.6) is 0 Å². The molecule has 0 bridgehead atoms. The van der Waals surface area contributed by atoms with Gasteiger partial charge >= 0.3 is 16.5 Å². The van der Waals surface area contributed by atoms with Crippen LogP contribution in [0.2, 0.25) is 0 Å². The van der Waals surface area contributed by atoms with Crippen molar-refractivity contribution in [1.82, 2.24) is 0 Å². The zero-order chi connectivity index (χ0) is 7.98. The minimum Gasteiger partial charge on any atom is -0.120 e. The van der Waals surface area contributed by atoms with E-state index in [2.05, 4.69) is 13.4 Å². The molecular weight excluding hydrogens is 178 g/mol. The number of hydrogen-bond donors (Lipinski definition) is 0. The average Bonchev–Trinajstić information content (AvgIpc) is 1.88. The fourth-order valence-corrected chi connectivity index (χ4v) is 1.32. The summed E-state index contributed by atoms with van der Waals surface area (Å²) < 4.78 is 33.6. The van der Waals surface area contributed by atoms with E-state index in [1.807, 2.05) is 0 Å². The summed E-state index contributed by atoms with van der Waals surface area (Å²) in [4.78, 5) is 0. The Morgan fingerprint density at radius 1 is 1.30 bits per heavy atom. The second-order valence-electron chi connectivity index (χ2n) is 1.13. The first kappa shape index (κ1) is 10.1. The quantitative estimate of drug-likeness (QED) is 0.614. The van der Waals surface area contributed by atoms with Gasteiger partial charge in [-0.25, -0.2) is 0 Å². The van der Waals surface area contributed by atoms with Crippen molar-refractivity contribution in [1.29, 1.82) is 0 Å². The molecule has 0 aliphatic rings. The van der Waals surface area contributed by atoms with E-state index >= 15 is 0 Å². The zero-order valence-electron chi connectivity index (χ0n) is 5.64. The summed E-state index contributed by atoms with van der Waals surface area (Å²) in [7, 11) is -3.38. The zero-order valence-corrected chi connectivity index (χ0v) is 7.43. The Bertz CT molecular complexity index is 135. The van der Waals surface area contributed by atoms with Gasteiger partial charge in [-0.05, 0) is 6.92 Å². The van der Waals surface area contributed by atoms with Crippen LogP contribution in [0.3, 0.4) is 0 Å². The summed E-state index contributed by atoms with van der Waals surface area (Å²) in [5.74, 6) is 0. The maximum Gasteiger partial charge on any atom is 0.747 e. The van der Waals surface area contributed by atoms with E-state index in [0.29, 0.717) is 0 Å². The van der Waals surface area contributed by atoms with Crippen LogP contribution in [0.15, 0.2) is 0 Å². The summed E-state index contributed by atoms with van der Waals surface area (Å²) in [5.41, 5.74) is 0. The monoisotopic (exact) mass is 186 g/mol. The molecule has 0 N–H and O–H groups in total. The lowest BCUT2D eigenvalue weighted by Crippen LogP contribution is -1.77. The van der Waals surface area contributed by atoms with Gasteiger partial charge < -0.3 is 0 Å². The molecule has 0 aromatic heterocycles. The third kappa shape index (κ3) is 4.91. The molecule has 0 aromatic carbocycles. The molecule has 0 heterocycles. The summed E-state index contributed by atoms with van der Waals surface area (Å²) in [6.07, 6.45) is 0. The molecule has 7 heteroatoms. The smallest absolute Gasteiger partial charge is 0.120 e. The van der Waals surface area contributed by atoms with Gasteiger partial charge in [-0.15, -0.1) is 9.05 Å². The van der Waals surface area contributed by atoms with Crippen molar-refractivity contribution in [3.8, 4) is 0 Å². The first-order valence-corrected chi connectivity index (χ1v) is 4.69. The van der Waals surface area contributed by atoms with Gasteiger partial charge in [0.05, 0.1) is 7.11 Å². The first-order chi connectivity index (χ1) is 4.70. The molecule has 0 aliphatic carbocycles. The first-order valence-electron chi connectivity index (χ1n) is 2.50. The normalized spacial score (nSPS) is 13.0. The number of hydrogen-bond acceptors (Lipinski definition) is 5. The Labute approximate surface area is 60.6 Å². The van der Waals surface area contributed by atoms with Crippen LogP contribution < -0.4 is 0 Å². The van der Waals surface area contributed by atoms with Crippen molar-refractivity contribution in [2.75, 3.05) is 13.7 Å². The van der Waals surface area contributed by atoms with Crippen LogP contribution in [-0.4, -0.2) is 13.7 Å². The standard InChI is InChI=1S/C3H8O5P2/c1-3-7-10(5)8-9(4)6-2/h3H2,1-2H3/q+2. The van der Waals surface area contributed by atoms with E-state index in [0.717, 1.165) is 0 Å². The second kappa shape index (κ2) is 5.83. The maximum atomic E-state index is 10.5. The predicted molar refractivity (Wildman–Crippen MR) is 34.9 cm³/mol. The van der Waals surface area contributed by atoms with Crippen LogP contribution >= 0.6 is 16.5 Å². The summed E-state index contributed by atoms with van der Waals surface area (Å²) in [6, 6.07) is 0. The molecule has 0 saturated heterocycles. The lowest BCUT2D eigenvalue weighted by molar-refractivity contribution is 0.283. The van der Waals surface area contributed by atoms with Crippen molar-refractivity contribution in [3.63, 3.8) is 0 Å². The van der Waals surface area contributed by atoms with Gasteiger partial charge in [0.1, 0.15) is 6.61 Å². The van der Waals surface area contributed by atoms with Gasteiger partial charge in [0.2, 0.25) is 0 Å². The molecule has 58 valence electrons. The van der Waals surface area contributed by atoms with Crippen molar-refractivity contribution in [2.24, 2.45) is 0 Å². The van der Waals surface area contributed by atoms with Crippen LogP contribution in [0.4, 0.5) is 0 Å². The van der Waals surface area contributed by atoms with Gasteiger partial charge in [0, 0.05) is 9.13 Å². The Morgan fingerprint density at radius 2 is 1.90 bits per heavy atom. The van der Waals surface area contributed by atoms with Gasteiger partial charge in [-0.1, -0.05) is 0 Å². The van der Waals surface area contributed by atoms with E-state index in [-0.39, 0.29) is 6.61 Å². The van der Waals surface area contributed by atoms with Crippen LogP contribution in [-0.2, 0) is 22.5 Å². The van der Waals surface area contributed by atoms with E-state index in [9.17, 15) is 9.13 Å². The minimum absolute atomic E-state index is 0.252. The summed E-state index contributed by atoms with van der Waals surface area (Å²) >= 11 is 0. The molecule has 0 rings (SSSR count). The van der Waals surface area contributed by atoms with Crippen molar-refractivity contribution < 1.29 is 22.5 Å². The average molecular weight is 186 g/mol. The van der Waals surface area contributed by atoms with Crippen LogP contribution in [0.25, 0.3) is 0 Å². The van der Waals surface area contributed by atoms with Crippen molar-refractivity contribution in [2.45, 2.75) is 6.92 Å². The third-order valence-electron chi connectivity index (χ3n) is 0.517. The van der Waals surface area contributed by atoms with Crippen molar-refractivity contribution >= 4 is 16.5 Å². The van der Waals surface area contributed by atoms with E-state index in [1.54, 1.807) is 6.92 Å². The molecule has 0 amide bonds. The lowest BCUT2D eigenvalue weighted by atomic mass is 10.9. The van der Waals surface area contributed by atoms with Crippen LogP contribution in [0, 0.1) is 0 Å². The van der Waals surface area contributed by atoms with E-state index < -0.39 is 16.5 Å². The van der Waals surface area contributed by atoms with Gasteiger partial charge in [-0.2, -0.15) is 0 Å². The summed E-state index contributed by atoms with van der Waals surface area (Å²) in [5, 5.41) is 0. The minimum atomic E-state index is -2.29. The predicted octanol–water partition coefficient (Wildman–Crippen LogP) is 2.00. The van der Waals surface area contributed by atoms with Crippen molar-refractivity contribution in [3.05, 3.63) is 0 Å². The SMILES string of the molecule is CCO[P+](=O)O[P+](=O)OC. The molecule has 0 radical (unpaired) electrons. The molecule has 0 aromatic rings. The molecule has 0 saturated carbocycles. The molecule has 10 heavy (non-hydrogen) atoms. The lowest BCUT2D eigenvalue weighted by Gasteiger charge is -1.72. The molecular formula is C3H8O5P2+2. The highest BCUT2D eigenvalue weighted by Gasteiger charge is 2.38. The highest BCUT2D eigenvalue weighted by molar-refractivity contribution is 7.47. The van der Waals surface area contributed by atoms with E-state index in [4.69, 9.17) is 0 Å². The molecule has 0 spiro atoms. The fraction of sp³-hybridized carbons (Fsp3) is 1.00. The molecule has 0 aliphatic heterocycles. The summed E-state index contributed by atoms with van der Waals surface area (Å²) in [6.45, 7) is 1.90. The largest absolute Gasteiger partial charge is 0.747 e. The highest BCUT2D eigenvalue weighted by Crippen LogP contribution is 2.38. The molecule has 2 atom stereocenters. The topological polar surface area (TPSA) is 61.8 Å². The fourth-order valence-electron chi connectivity index (χ4n) is 0.217. The Morgan fingerprint density at radius 3 is 2.30 bits per heavy atom. The van der Waals surface area contributed by atoms with Gasteiger partial charge in [0.15, 0.2) is 4.31 Å². The Kier molecular flexibility index (Phi) is 5.88. The van der Waals surface area contributed by atoms with E-state index in [1.165, 1.54) is 7.11 Å².